The van der Waals surface area contributed by atoms with Crippen molar-refractivity contribution in [1.82, 2.24) is 14.2 Å². The maximum Gasteiger partial charge on any atom is 0.338 e. The lowest BCUT2D eigenvalue weighted by Crippen LogP contribution is -2.50. The fourth-order valence-corrected chi connectivity index (χ4v) is 6.35. The van der Waals surface area contributed by atoms with Crippen molar-refractivity contribution in [3.63, 3.8) is 0 Å². The number of hydrogen-bond donors (Lipinski definition) is 0. The van der Waals surface area contributed by atoms with E-state index in [2.05, 4.69) is 9.72 Å². The Morgan fingerprint density at radius 3 is 2.55 bits per heavy atom. The van der Waals surface area contributed by atoms with Gasteiger partial charge in [0.1, 0.15) is 15.1 Å². The standard InChI is InChI=1S/C20H18ClN3O5S2/c1-29-20(26)14-11-17(30-12-14)31(27,28)24-8-6-23(7-9-24)19(25)16-10-13-4-2-3-5-15(13)18(21)22-16/h2-5,10-12H,6-9H2,1H3. The molecule has 8 nitrogen and oxygen atoms in total. The van der Waals surface area contributed by atoms with Crippen molar-refractivity contribution < 1.29 is 22.7 Å². The number of methoxy groups -OCH3 is 1. The Morgan fingerprint density at radius 2 is 1.84 bits per heavy atom. The van der Waals surface area contributed by atoms with Crippen molar-refractivity contribution in [2.75, 3.05) is 33.3 Å². The van der Waals surface area contributed by atoms with Gasteiger partial charge in [-0.1, -0.05) is 35.9 Å². The van der Waals surface area contributed by atoms with Gasteiger partial charge in [-0.15, -0.1) is 11.3 Å². The number of piperazine rings is 1. The number of carbonyl (C=O) groups excluding carboxylic acids is 2. The minimum atomic E-state index is -3.76. The molecule has 162 valence electrons. The summed E-state index contributed by atoms with van der Waals surface area (Å²) in [5, 5.41) is 3.28. The third-order valence-corrected chi connectivity index (χ3v) is 8.63. The minimum Gasteiger partial charge on any atom is -0.465 e. The van der Waals surface area contributed by atoms with Gasteiger partial charge < -0.3 is 9.64 Å². The van der Waals surface area contributed by atoms with Gasteiger partial charge in [0.25, 0.3) is 15.9 Å². The maximum atomic E-state index is 12.9. The molecular formula is C20H18ClN3O5S2. The number of fused-ring (bicyclic) bond motifs is 1. The van der Waals surface area contributed by atoms with Crippen molar-refractivity contribution in [1.29, 1.82) is 0 Å². The monoisotopic (exact) mass is 479 g/mol. The van der Waals surface area contributed by atoms with E-state index in [-0.39, 0.29) is 52.7 Å². The molecule has 1 aliphatic rings. The van der Waals surface area contributed by atoms with Gasteiger partial charge in [0.2, 0.25) is 0 Å². The lowest BCUT2D eigenvalue weighted by atomic mass is 10.1. The lowest BCUT2D eigenvalue weighted by molar-refractivity contribution is 0.0600. The molecule has 3 heterocycles. The van der Waals surface area contributed by atoms with Crippen LogP contribution in [-0.2, 0) is 14.8 Å². The Labute approximate surface area is 188 Å². The molecule has 0 aliphatic carbocycles. The minimum absolute atomic E-state index is 0.0654. The predicted molar refractivity (Wildman–Crippen MR) is 117 cm³/mol. The second-order valence-corrected chi connectivity index (χ2v) is 10.3. The summed E-state index contributed by atoms with van der Waals surface area (Å²) in [5.41, 5.74) is 0.417. The van der Waals surface area contributed by atoms with Crippen molar-refractivity contribution in [2.45, 2.75) is 4.21 Å². The van der Waals surface area contributed by atoms with Crippen LogP contribution in [0.25, 0.3) is 10.8 Å². The van der Waals surface area contributed by atoms with Crippen LogP contribution in [-0.4, -0.2) is 67.8 Å². The summed E-state index contributed by atoms with van der Waals surface area (Å²) in [6.07, 6.45) is 0. The van der Waals surface area contributed by atoms with Crippen molar-refractivity contribution in [3.8, 4) is 0 Å². The zero-order valence-electron chi connectivity index (χ0n) is 16.4. The lowest BCUT2D eigenvalue weighted by Gasteiger charge is -2.33. The van der Waals surface area contributed by atoms with Gasteiger partial charge in [0, 0.05) is 36.9 Å². The summed E-state index contributed by atoms with van der Waals surface area (Å²) in [7, 11) is -2.52. The van der Waals surface area contributed by atoms with E-state index in [0.717, 1.165) is 22.1 Å². The van der Waals surface area contributed by atoms with Gasteiger partial charge in [0.15, 0.2) is 0 Å². The van der Waals surface area contributed by atoms with E-state index in [1.165, 1.54) is 22.9 Å². The molecular weight excluding hydrogens is 462 g/mol. The van der Waals surface area contributed by atoms with Crippen LogP contribution in [0.4, 0.5) is 0 Å². The first-order valence-corrected chi connectivity index (χ1v) is 12.0. The van der Waals surface area contributed by atoms with Crippen LogP contribution in [0.3, 0.4) is 0 Å². The Hall–Kier alpha value is -2.53. The number of nitrogens with zero attached hydrogens (tertiary/aromatic N) is 3. The van der Waals surface area contributed by atoms with Crippen LogP contribution in [0.15, 0.2) is 46.0 Å². The Balaban J connectivity index is 1.47. The van der Waals surface area contributed by atoms with Gasteiger partial charge in [-0.3, -0.25) is 4.79 Å². The second-order valence-electron chi connectivity index (χ2n) is 6.86. The highest BCUT2D eigenvalue weighted by atomic mass is 35.5. The first kappa shape index (κ1) is 21.7. The molecule has 11 heteroatoms. The Morgan fingerprint density at radius 1 is 1.13 bits per heavy atom. The molecule has 1 fully saturated rings. The van der Waals surface area contributed by atoms with Crippen LogP contribution >= 0.6 is 22.9 Å². The highest BCUT2D eigenvalue weighted by Gasteiger charge is 2.32. The molecule has 2 aromatic heterocycles. The normalized spacial score (nSPS) is 15.2. The van der Waals surface area contributed by atoms with Crippen molar-refractivity contribution >= 4 is 55.6 Å². The molecule has 0 unspecified atom stereocenters. The predicted octanol–water partition coefficient (Wildman–Crippen LogP) is 2.88. The van der Waals surface area contributed by atoms with Crippen LogP contribution < -0.4 is 0 Å². The van der Waals surface area contributed by atoms with Gasteiger partial charge in [-0.25, -0.2) is 18.2 Å². The fraction of sp³-hybridized carbons (Fsp3) is 0.250. The third-order valence-electron chi connectivity index (χ3n) is 5.03. The largest absolute Gasteiger partial charge is 0.465 e. The number of ether oxygens (including phenoxy) is 1. The number of halogens is 1. The SMILES string of the molecule is COC(=O)c1csc(S(=O)(=O)N2CCN(C(=O)c3cc4ccccc4c(Cl)n3)CC2)c1. The number of rotatable bonds is 4. The molecule has 31 heavy (non-hydrogen) atoms. The number of carbonyl (C=O) groups is 2. The summed E-state index contributed by atoms with van der Waals surface area (Å²) < 4.78 is 31.8. The van der Waals surface area contributed by atoms with Crippen LogP contribution in [0, 0.1) is 0 Å². The average molecular weight is 480 g/mol. The summed E-state index contributed by atoms with van der Waals surface area (Å²) in [4.78, 5) is 30.3. The van der Waals surface area contributed by atoms with E-state index < -0.39 is 16.0 Å². The molecule has 1 amide bonds. The molecule has 1 aliphatic heterocycles. The van der Waals surface area contributed by atoms with E-state index in [1.807, 2.05) is 24.3 Å². The number of hydrogen-bond acceptors (Lipinski definition) is 7. The molecule has 1 saturated heterocycles. The first-order valence-electron chi connectivity index (χ1n) is 9.33. The molecule has 3 aromatic rings. The molecule has 0 atom stereocenters. The van der Waals surface area contributed by atoms with E-state index in [0.29, 0.717) is 0 Å². The zero-order valence-corrected chi connectivity index (χ0v) is 18.8. The molecule has 0 saturated carbocycles. The van der Waals surface area contributed by atoms with Crippen LogP contribution in [0.2, 0.25) is 5.15 Å². The fourth-order valence-electron chi connectivity index (χ4n) is 3.36. The van der Waals surface area contributed by atoms with Gasteiger partial charge in [-0.05, 0) is 17.5 Å². The van der Waals surface area contributed by atoms with E-state index in [9.17, 15) is 18.0 Å². The highest BCUT2D eigenvalue weighted by molar-refractivity contribution is 7.91. The molecule has 0 radical (unpaired) electrons. The van der Waals surface area contributed by atoms with Gasteiger partial charge in [-0.2, -0.15) is 4.31 Å². The summed E-state index contributed by atoms with van der Waals surface area (Å²) >= 11 is 7.19. The molecule has 0 spiro atoms. The first-order chi connectivity index (χ1) is 14.8. The van der Waals surface area contributed by atoms with E-state index in [1.54, 1.807) is 11.0 Å². The van der Waals surface area contributed by atoms with Gasteiger partial charge >= 0.3 is 5.97 Å². The van der Waals surface area contributed by atoms with E-state index >= 15 is 0 Å². The number of aromatic nitrogens is 1. The van der Waals surface area contributed by atoms with Crippen molar-refractivity contribution in [2.24, 2.45) is 0 Å². The molecule has 1 aromatic carbocycles. The smallest absolute Gasteiger partial charge is 0.338 e. The van der Waals surface area contributed by atoms with E-state index in [4.69, 9.17) is 11.6 Å². The number of esters is 1. The molecule has 0 N–H and O–H groups in total. The van der Waals surface area contributed by atoms with Crippen molar-refractivity contribution in [3.05, 3.63) is 58.2 Å². The molecule has 0 bridgehead atoms. The number of amides is 1. The van der Waals surface area contributed by atoms with Crippen LogP contribution in [0.1, 0.15) is 20.8 Å². The zero-order chi connectivity index (χ0) is 22.2. The summed E-state index contributed by atoms with van der Waals surface area (Å²) in [6, 6.07) is 10.4. The summed E-state index contributed by atoms with van der Waals surface area (Å²) in [6.45, 7) is 0.723. The summed E-state index contributed by atoms with van der Waals surface area (Å²) in [5.74, 6) is -0.886. The topological polar surface area (TPSA) is 96.9 Å². The average Bonchev–Trinajstić information content (AvgIpc) is 3.29. The Kier molecular flexibility index (Phi) is 5.98. The third kappa shape index (κ3) is 4.16. The number of thiophene rings is 1. The molecule has 4 rings (SSSR count). The van der Waals surface area contributed by atoms with Crippen LogP contribution in [0.5, 0.6) is 0 Å². The number of sulfonamides is 1. The highest BCUT2D eigenvalue weighted by Crippen LogP contribution is 2.26. The van der Waals surface area contributed by atoms with Gasteiger partial charge in [0.05, 0.1) is 12.7 Å². The Bertz CT molecular complexity index is 1270. The number of pyridine rings is 1. The second kappa shape index (κ2) is 8.54. The quantitative estimate of drug-likeness (QED) is 0.421. The maximum absolute atomic E-state index is 12.9. The number of benzene rings is 1.